The number of hydrogen-bond acceptors (Lipinski definition) is 3. The molecule has 0 heterocycles. The number of carboxylic acid groups (broad SMARTS) is 1. The van der Waals surface area contributed by atoms with Crippen molar-refractivity contribution in [2.45, 2.75) is 84.4 Å². The van der Waals surface area contributed by atoms with Crippen LogP contribution < -0.4 is 9.47 Å². The van der Waals surface area contributed by atoms with Crippen molar-refractivity contribution in [1.82, 2.24) is 0 Å². The summed E-state index contributed by atoms with van der Waals surface area (Å²) in [6.07, 6.45) is 5.56. The van der Waals surface area contributed by atoms with Gasteiger partial charge in [0, 0.05) is 0 Å². The molecule has 2 fully saturated rings. The molecule has 0 aliphatic heterocycles. The van der Waals surface area contributed by atoms with Crippen molar-refractivity contribution in [2.75, 3.05) is 0 Å². The van der Waals surface area contributed by atoms with Crippen molar-refractivity contribution in [3.05, 3.63) is 83.4 Å². The van der Waals surface area contributed by atoms with Gasteiger partial charge in [0.05, 0.1) is 6.42 Å². The molecule has 2 aliphatic carbocycles. The predicted molar refractivity (Wildman–Crippen MR) is 152 cm³/mol. The Bertz CT molecular complexity index is 1360. The number of carbonyl (C=O) groups is 1. The highest BCUT2D eigenvalue weighted by molar-refractivity contribution is 5.70. The van der Waals surface area contributed by atoms with Crippen LogP contribution in [-0.2, 0) is 11.4 Å². The van der Waals surface area contributed by atoms with Gasteiger partial charge in [-0.1, -0.05) is 69.7 Å². The first kappa shape index (κ1) is 28.1. The van der Waals surface area contributed by atoms with Gasteiger partial charge in [-0.15, -0.1) is 0 Å². The molecule has 0 bridgehead atoms. The van der Waals surface area contributed by atoms with E-state index < -0.39 is 12.6 Å². The standard InChI is InChI=1S/C34H38F2O4/c1-33(2)14-6-11-29(33)28-17-22(12-13-27(28)23-7-4-10-26(18-23)40-32(35)36)21-39-25-9-5-8-24(19-25)30(20-31(37)38)34(3)15-16-34/h4-5,7-10,12-13,17-19,29-30,32H,6,11,14-16,20-21H2,1-3H3,(H,37,38)/t29-,30-/m1/s1. The number of carboxylic acids is 1. The van der Waals surface area contributed by atoms with Gasteiger partial charge < -0.3 is 14.6 Å². The smallest absolute Gasteiger partial charge is 0.387 e. The van der Waals surface area contributed by atoms with Crippen LogP contribution in [0.15, 0.2) is 66.7 Å². The average Bonchev–Trinajstić information content (AvgIpc) is 3.55. The Balaban J connectivity index is 1.41. The Hall–Kier alpha value is -3.41. The van der Waals surface area contributed by atoms with Crippen molar-refractivity contribution < 1.29 is 28.2 Å². The second-order valence-corrected chi connectivity index (χ2v) is 12.4. The topological polar surface area (TPSA) is 55.8 Å². The zero-order chi connectivity index (χ0) is 28.5. The molecule has 3 aromatic carbocycles. The molecule has 0 radical (unpaired) electrons. The molecule has 5 rings (SSSR count). The summed E-state index contributed by atoms with van der Waals surface area (Å²) in [5.74, 6) is 0.395. The first-order chi connectivity index (χ1) is 19.0. The van der Waals surface area contributed by atoms with E-state index in [1.54, 1.807) is 18.2 Å². The van der Waals surface area contributed by atoms with Crippen molar-refractivity contribution in [3.8, 4) is 22.6 Å². The molecule has 4 nitrogen and oxygen atoms in total. The van der Waals surface area contributed by atoms with E-state index in [0.29, 0.717) is 12.5 Å². The van der Waals surface area contributed by atoms with Crippen LogP contribution in [0.1, 0.15) is 87.8 Å². The molecule has 0 aromatic heterocycles. The second kappa shape index (κ2) is 11.2. The highest BCUT2D eigenvalue weighted by Crippen LogP contribution is 2.57. The first-order valence-corrected chi connectivity index (χ1v) is 14.2. The summed E-state index contributed by atoms with van der Waals surface area (Å²) in [5.41, 5.74) is 5.28. The quantitative estimate of drug-likeness (QED) is 0.260. The molecule has 212 valence electrons. The Morgan fingerprint density at radius 1 is 0.975 bits per heavy atom. The van der Waals surface area contributed by atoms with Crippen LogP contribution in [0, 0.1) is 10.8 Å². The van der Waals surface area contributed by atoms with Gasteiger partial charge >= 0.3 is 12.6 Å². The van der Waals surface area contributed by atoms with Gasteiger partial charge in [-0.3, -0.25) is 4.79 Å². The van der Waals surface area contributed by atoms with E-state index in [9.17, 15) is 18.7 Å². The van der Waals surface area contributed by atoms with Crippen LogP contribution in [0.5, 0.6) is 11.5 Å². The summed E-state index contributed by atoms with van der Waals surface area (Å²) >= 11 is 0. The summed E-state index contributed by atoms with van der Waals surface area (Å²) in [7, 11) is 0. The van der Waals surface area contributed by atoms with Crippen molar-refractivity contribution >= 4 is 5.97 Å². The van der Waals surface area contributed by atoms with E-state index in [1.807, 2.05) is 36.4 Å². The third-order valence-corrected chi connectivity index (χ3v) is 9.04. The summed E-state index contributed by atoms with van der Waals surface area (Å²) in [6, 6.07) is 21.1. The van der Waals surface area contributed by atoms with Gasteiger partial charge in [-0.05, 0) is 100 Å². The minimum Gasteiger partial charge on any atom is -0.489 e. The molecule has 2 aliphatic rings. The van der Waals surface area contributed by atoms with E-state index in [-0.39, 0.29) is 28.9 Å². The lowest BCUT2D eigenvalue weighted by molar-refractivity contribution is -0.137. The Kier molecular flexibility index (Phi) is 7.89. The van der Waals surface area contributed by atoms with Crippen LogP contribution in [0.4, 0.5) is 8.78 Å². The monoisotopic (exact) mass is 548 g/mol. The molecule has 0 unspecified atom stereocenters. The minimum atomic E-state index is -2.87. The van der Waals surface area contributed by atoms with Crippen molar-refractivity contribution in [2.24, 2.45) is 10.8 Å². The summed E-state index contributed by atoms with van der Waals surface area (Å²) in [6.45, 7) is 4.27. The van der Waals surface area contributed by atoms with E-state index >= 15 is 0 Å². The first-order valence-electron chi connectivity index (χ1n) is 14.2. The number of benzene rings is 3. The highest BCUT2D eigenvalue weighted by Gasteiger charge is 2.46. The van der Waals surface area contributed by atoms with E-state index in [2.05, 4.69) is 37.6 Å². The van der Waals surface area contributed by atoms with Gasteiger partial charge in [-0.2, -0.15) is 8.78 Å². The molecule has 40 heavy (non-hydrogen) atoms. The van der Waals surface area contributed by atoms with Crippen LogP contribution in [0.25, 0.3) is 11.1 Å². The fourth-order valence-corrected chi connectivity index (χ4v) is 6.47. The summed E-state index contributed by atoms with van der Waals surface area (Å²) in [4.78, 5) is 11.6. The maximum atomic E-state index is 12.9. The number of ether oxygens (including phenoxy) is 2. The predicted octanol–water partition coefficient (Wildman–Crippen LogP) is 9.19. The Morgan fingerprint density at radius 3 is 2.40 bits per heavy atom. The average molecular weight is 549 g/mol. The van der Waals surface area contributed by atoms with Gasteiger partial charge in [0.25, 0.3) is 0 Å². The molecule has 6 heteroatoms. The fraction of sp³-hybridized carbons (Fsp3) is 0.441. The number of aliphatic carboxylic acids is 1. The van der Waals surface area contributed by atoms with E-state index in [4.69, 9.17) is 4.74 Å². The van der Waals surface area contributed by atoms with Gasteiger partial charge in [0.2, 0.25) is 0 Å². The van der Waals surface area contributed by atoms with Crippen LogP contribution in [-0.4, -0.2) is 17.7 Å². The minimum absolute atomic E-state index is 0.0335. The molecule has 3 aromatic rings. The van der Waals surface area contributed by atoms with Gasteiger partial charge in [0.15, 0.2) is 0 Å². The normalized spacial score (nSPS) is 19.8. The molecule has 0 saturated heterocycles. The van der Waals surface area contributed by atoms with Crippen molar-refractivity contribution in [3.63, 3.8) is 0 Å². The summed E-state index contributed by atoms with van der Waals surface area (Å²) < 4.78 is 36.7. The molecule has 1 N–H and O–H groups in total. The Morgan fingerprint density at radius 2 is 1.73 bits per heavy atom. The van der Waals surface area contributed by atoms with E-state index in [1.165, 1.54) is 5.56 Å². The number of halogens is 2. The SMILES string of the molecule is CC1(C)CCC[C@@H]1c1cc(COc2cccc([C@@H](CC(=O)O)C3(C)CC3)c2)ccc1-c1cccc(OC(F)F)c1. The lowest BCUT2D eigenvalue weighted by Gasteiger charge is -2.30. The highest BCUT2D eigenvalue weighted by atomic mass is 19.3. The maximum Gasteiger partial charge on any atom is 0.387 e. The lowest BCUT2D eigenvalue weighted by atomic mass is 9.75. The zero-order valence-electron chi connectivity index (χ0n) is 23.5. The van der Waals surface area contributed by atoms with Gasteiger partial charge in [0.1, 0.15) is 18.1 Å². The van der Waals surface area contributed by atoms with Crippen LogP contribution in [0.3, 0.4) is 0 Å². The number of rotatable bonds is 11. The van der Waals surface area contributed by atoms with Crippen molar-refractivity contribution in [1.29, 1.82) is 0 Å². The molecular weight excluding hydrogens is 510 g/mol. The van der Waals surface area contributed by atoms with E-state index in [0.717, 1.165) is 60.1 Å². The molecule has 2 atom stereocenters. The second-order valence-electron chi connectivity index (χ2n) is 12.4. The molecular formula is C34H38F2O4. The third-order valence-electron chi connectivity index (χ3n) is 9.04. The molecule has 2 saturated carbocycles. The fourth-order valence-electron chi connectivity index (χ4n) is 6.47. The largest absolute Gasteiger partial charge is 0.489 e. The number of hydrogen-bond donors (Lipinski definition) is 1. The lowest BCUT2D eigenvalue weighted by Crippen LogP contribution is -2.16. The van der Waals surface area contributed by atoms with Crippen LogP contribution in [0.2, 0.25) is 0 Å². The third kappa shape index (κ3) is 6.32. The maximum absolute atomic E-state index is 12.9. The summed E-state index contributed by atoms with van der Waals surface area (Å²) in [5, 5.41) is 9.50. The van der Waals surface area contributed by atoms with Crippen LogP contribution >= 0.6 is 0 Å². The zero-order valence-corrected chi connectivity index (χ0v) is 23.5. The van der Waals surface area contributed by atoms with Gasteiger partial charge in [-0.25, -0.2) is 0 Å². The molecule has 0 amide bonds. The molecule has 0 spiro atoms. The Labute approximate surface area is 235 Å². The number of alkyl halides is 2.